The van der Waals surface area contributed by atoms with Crippen LogP contribution in [0.15, 0.2) is 21.7 Å². The van der Waals surface area contributed by atoms with E-state index in [0.29, 0.717) is 18.0 Å². The summed E-state index contributed by atoms with van der Waals surface area (Å²) in [5.74, 6) is 3.22. The summed E-state index contributed by atoms with van der Waals surface area (Å²) in [4.78, 5) is 34.2. The Kier molecular flexibility index (Phi) is 3.49. The summed E-state index contributed by atoms with van der Waals surface area (Å²) in [6.07, 6.45) is 5.55. The SMILES string of the molecule is C#Cc1cc2c(cc1C)nc1c(=O)[nH]c(=O)nc-1n2CC(C)C. The maximum atomic E-state index is 12.1. The van der Waals surface area contributed by atoms with Crippen molar-refractivity contribution in [3.05, 3.63) is 44.1 Å². The van der Waals surface area contributed by atoms with Gasteiger partial charge < -0.3 is 4.57 Å². The molecule has 116 valence electrons. The molecule has 2 aliphatic rings. The van der Waals surface area contributed by atoms with E-state index in [9.17, 15) is 9.59 Å². The Morgan fingerprint density at radius 1 is 1.30 bits per heavy atom. The summed E-state index contributed by atoms with van der Waals surface area (Å²) in [6, 6.07) is 3.71. The number of hydrogen-bond acceptors (Lipinski definition) is 4. The minimum absolute atomic E-state index is 0.158. The Labute approximate surface area is 132 Å². The molecule has 0 saturated carbocycles. The number of aromatic nitrogens is 4. The number of rotatable bonds is 2. The monoisotopic (exact) mass is 308 g/mol. The van der Waals surface area contributed by atoms with Gasteiger partial charge in [0.1, 0.15) is 0 Å². The van der Waals surface area contributed by atoms with Crippen molar-refractivity contribution in [2.75, 3.05) is 0 Å². The second kappa shape index (κ2) is 5.36. The number of terminal acetylenes is 1. The van der Waals surface area contributed by atoms with E-state index in [4.69, 9.17) is 6.42 Å². The number of H-pyrrole nitrogens is 1. The van der Waals surface area contributed by atoms with Crippen molar-refractivity contribution in [1.29, 1.82) is 0 Å². The topological polar surface area (TPSA) is 80.6 Å². The van der Waals surface area contributed by atoms with Crippen molar-refractivity contribution >= 4 is 11.0 Å². The van der Waals surface area contributed by atoms with Gasteiger partial charge in [0.05, 0.1) is 11.0 Å². The third-order valence-electron chi connectivity index (χ3n) is 3.66. The molecule has 3 rings (SSSR count). The van der Waals surface area contributed by atoms with Gasteiger partial charge in [-0.15, -0.1) is 6.42 Å². The second-order valence-corrected chi connectivity index (χ2v) is 5.96. The highest BCUT2D eigenvalue weighted by Gasteiger charge is 2.19. The second-order valence-electron chi connectivity index (χ2n) is 5.96. The van der Waals surface area contributed by atoms with E-state index in [1.807, 2.05) is 37.5 Å². The molecular formula is C17H16N4O2. The first-order chi connectivity index (χ1) is 10.9. The van der Waals surface area contributed by atoms with Crippen molar-refractivity contribution in [2.45, 2.75) is 27.3 Å². The summed E-state index contributed by atoms with van der Waals surface area (Å²) in [5.41, 5.74) is 2.04. The molecule has 1 aromatic rings. The molecule has 6 heteroatoms. The van der Waals surface area contributed by atoms with E-state index in [2.05, 4.69) is 20.9 Å². The zero-order valence-electron chi connectivity index (χ0n) is 13.2. The standard InChI is InChI=1S/C17H16N4O2/c1-5-11-7-13-12(6-10(11)4)18-14-15(21(13)8-9(2)3)19-17(23)20-16(14)22/h1,6-7,9H,8H2,2-4H3,(H,20,22,23). The van der Waals surface area contributed by atoms with E-state index < -0.39 is 11.2 Å². The lowest BCUT2D eigenvalue weighted by molar-refractivity contribution is 0.530. The largest absolute Gasteiger partial charge is 0.349 e. The Morgan fingerprint density at radius 3 is 2.70 bits per heavy atom. The predicted molar refractivity (Wildman–Crippen MR) is 88.6 cm³/mol. The third-order valence-corrected chi connectivity index (χ3v) is 3.66. The molecule has 0 radical (unpaired) electrons. The fraction of sp³-hybridized carbons (Fsp3) is 0.294. The minimum Gasteiger partial charge on any atom is -0.322 e. The number of fused-ring (bicyclic) bond motifs is 2. The van der Waals surface area contributed by atoms with Gasteiger partial charge in [0.15, 0.2) is 11.5 Å². The van der Waals surface area contributed by atoms with Crippen LogP contribution in [0.5, 0.6) is 0 Å². The molecule has 1 aromatic carbocycles. The van der Waals surface area contributed by atoms with Gasteiger partial charge in [0.2, 0.25) is 0 Å². The van der Waals surface area contributed by atoms with Gasteiger partial charge in [-0.3, -0.25) is 9.78 Å². The first-order valence-electron chi connectivity index (χ1n) is 7.32. The normalized spacial score (nSPS) is 11.3. The Balaban J connectivity index is 2.54. The van der Waals surface area contributed by atoms with E-state index in [0.717, 1.165) is 16.6 Å². The van der Waals surface area contributed by atoms with Crippen LogP contribution < -0.4 is 11.2 Å². The van der Waals surface area contributed by atoms with Crippen LogP contribution >= 0.6 is 0 Å². The van der Waals surface area contributed by atoms with Gasteiger partial charge in [-0.25, -0.2) is 9.78 Å². The predicted octanol–water partition coefficient (Wildman–Crippen LogP) is 1.53. The van der Waals surface area contributed by atoms with Crippen LogP contribution in [0.3, 0.4) is 0 Å². The molecule has 6 nitrogen and oxygen atoms in total. The zero-order chi connectivity index (χ0) is 16.7. The summed E-state index contributed by atoms with van der Waals surface area (Å²) >= 11 is 0. The highest BCUT2D eigenvalue weighted by Crippen LogP contribution is 2.24. The van der Waals surface area contributed by atoms with Gasteiger partial charge in [-0.2, -0.15) is 4.98 Å². The first kappa shape index (κ1) is 15.0. The average Bonchev–Trinajstić information content (AvgIpc) is 2.47. The van der Waals surface area contributed by atoms with E-state index in [1.165, 1.54) is 0 Å². The molecule has 0 atom stereocenters. The van der Waals surface area contributed by atoms with Crippen molar-refractivity contribution in [3.8, 4) is 23.9 Å². The summed E-state index contributed by atoms with van der Waals surface area (Å²) in [6.45, 7) is 6.59. The zero-order valence-corrected chi connectivity index (χ0v) is 13.2. The molecule has 1 N–H and O–H groups in total. The van der Waals surface area contributed by atoms with E-state index >= 15 is 0 Å². The van der Waals surface area contributed by atoms with Gasteiger partial charge in [-0.1, -0.05) is 19.8 Å². The van der Waals surface area contributed by atoms with Crippen LogP contribution in [-0.2, 0) is 6.54 Å². The van der Waals surface area contributed by atoms with Gasteiger partial charge in [-0.05, 0) is 30.5 Å². The number of aryl methyl sites for hydroxylation is 1. The maximum Gasteiger partial charge on any atom is 0.349 e. The van der Waals surface area contributed by atoms with Crippen molar-refractivity contribution in [3.63, 3.8) is 0 Å². The van der Waals surface area contributed by atoms with Crippen LogP contribution in [-0.4, -0.2) is 19.5 Å². The highest BCUT2D eigenvalue weighted by atomic mass is 16.2. The van der Waals surface area contributed by atoms with Crippen molar-refractivity contribution in [2.24, 2.45) is 5.92 Å². The highest BCUT2D eigenvalue weighted by molar-refractivity contribution is 5.82. The Morgan fingerprint density at radius 2 is 2.04 bits per heavy atom. The number of benzene rings is 1. The molecule has 2 aliphatic heterocycles. The van der Waals surface area contributed by atoms with Gasteiger partial charge in [0.25, 0.3) is 5.56 Å². The van der Waals surface area contributed by atoms with Gasteiger partial charge >= 0.3 is 5.69 Å². The molecule has 0 amide bonds. The molecule has 0 saturated heterocycles. The maximum absolute atomic E-state index is 12.1. The fourth-order valence-corrected chi connectivity index (χ4v) is 2.65. The molecular weight excluding hydrogens is 292 g/mol. The lowest BCUT2D eigenvalue weighted by Crippen LogP contribution is -2.29. The number of aromatic amines is 1. The van der Waals surface area contributed by atoms with E-state index in [-0.39, 0.29) is 11.5 Å². The van der Waals surface area contributed by atoms with Crippen LogP contribution in [0, 0.1) is 25.2 Å². The average molecular weight is 308 g/mol. The van der Waals surface area contributed by atoms with E-state index in [1.54, 1.807) is 0 Å². The molecule has 0 aliphatic carbocycles. The minimum atomic E-state index is -0.676. The van der Waals surface area contributed by atoms with Crippen molar-refractivity contribution in [1.82, 2.24) is 19.5 Å². The molecule has 0 unspecified atom stereocenters. The first-order valence-corrected chi connectivity index (χ1v) is 7.32. The number of hydrogen-bond donors (Lipinski definition) is 1. The third kappa shape index (κ3) is 2.50. The number of nitrogens with zero attached hydrogens (tertiary/aromatic N) is 3. The van der Waals surface area contributed by atoms with Gasteiger partial charge in [0, 0.05) is 12.1 Å². The lowest BCUT2D eigenvalue weighted by Gasteiger charge is -2.19. The summed E-state index contributed by atoms with van der Waals surface area (Å²) in [5, 5.41) is 0. The molecule has 0 aromatic heterocycles. The molecule has 0 bridgehead atoms. The summed E-state index contributed by atoms with van der Waals surface area (Å²) in [7, 11) is 0. The Hall–Kier alpha value is -2.94. The molecule has 0 fully saturated rings. The molecule has 2 heterocycles. The smallest absolute Gasteiger partial charge is 0.322 e. The molecule has 0 spiro atoms. The molecule has 23 heavy (non-hydrogen) atoms. The fourth-order valence-electron chi connectivity index (χ4n) is 2.65. The van der Waals surface area contributed by atoms with Crippen molar-refractivity contribution < 1.29 is 0 Å². The van der Waals surface area contributed by atoms with Crippen LogP contribution in [0.4, 0.5) is 0 Å². The Bertz CT molecular complexity index is 1040. The number of nitrogens with one attached hydrogen (secondary N) is 1. The van der Waals surface area contributed by atoms with Crippen LogP contribution in [0.1, 0.15) is 25.0 Å². The quantitative estimate of drug-likeness (QED) is 0.575. The van der Waals surface area contributed by atoms with Crippen LogP contribution in [0.25, 0.3) is 22.6 Å². The lowest BCUT2D eigenvalue weighted by atomic mass is 10.1. The van der Waals surface area contributed by atoms with Crippen LogP contribution in [0.2, 0.25) is 0 Å². The summed E-state index contributed by atoms with van der Waals surface area (Å²) < 4.78 is 1.85.